The molecular formula is C19H18ClF3N2O5. The highest BCUT2D eigenvalue weighted by Crippen LogP contribution is 2.38. The minimum atomic E-state index is -4.70. The lowest BCUT2D eigenvalue weighted by atomic mass is 9.81. The highest BCUT2D eigenvalue weighted by molar-refractivity contribution is 6.31. The Morgan fingerprint density at radius 2 is 1.73 bits per heavy atom. The lowest BCUT2D eigenvalue weighted by molar-refractivity contribution is -0.154. The first-order valence-electron chi connectivity index (χ1n) is 9.25. The Kier molecular flexibility index (Phi) is 6.35. The van der Waals surface area contributed by atoms with Gasteiger partial charge in [-0.2, -0.15) is 13.2 Å². The molecule has 2 aliphatic rings. The molecule has 162 valence electrons. The summed E-state index contributed by atoms with van der Waals surface area (Å²) in [7, 11) is 0. The van der Waals surface area contributed by atoms with E-state index in [4.69, 9.17) is 16.3 Å². The van der Waals surface area contributed by atoms with Crippen molar-refractivity contribution in [2.75, 3.05) is 18.5 Å². The molecule has 1 aromatic carbocycles. The molecule has 2 atom stereocenters. The number of nitrogens with zero attached hydrogens (tertiary/aromatic N) is 1. The predicted molar refractivity (Wildman–Crippen MR) is 98.2 cm³/mol. The second-order valence-corrected chi connectivity index (χ2v) is 7.57. The minimum Gasteiger partial charge on any atom is -0.454 e. The predicted octanol–water partition coefficient (Wildman–Crippen LogP) is 3.02. The van der Waals surface area contributed by atoms with Gasteiger partial charge in [-0.25, -0.2) is 0 Å². The first kappa shape index (κ1) is 22.1. The van der Waals surface area contributed by atoms with Crippen LogP contribution in [-0.2, 0) is 30.1 Å². The van der Waals surface area contributed by atoms with Crippen molar-refractivity contribution in [1.29, 1.82) is 0 Å². The van der Waals surface area contributed by atoms with Crippen molar-refractivity contribution in [2.45, 2.75) is 31.9 Å². The van der Waals surface area contributed by atoms with Crippen molar-refractivity contribution in [2.24, 2.45) is 11.8 Å². The van der Waals surface area contributed by atoms with Gasteiger partial charge in [-0.3, -0.25) is 24.1 Å². The lowest BCUT2D eigenvalue weighted by Gasteiger charge is -2.19. The first-order valence-corrected chi connectivity index (χ1v) is 9.63. The minimum absolute atomic E-state index is 0.179. The van der Waals surface area contributed by atoms with Crippen LogP contribution in [0.15, 0.2) is 18.2 Å². The van der Waals surface area contributed by atoms with Crippen LogP contribution in [0, 0.1) is 11.8 Å². The van der Waals surface area contributed by atoms with Gasteiger partial charge in [0.15, 0.2) is 6.61 Å². The fraction of sp³-hybridized carbons (Fsp3) is 0.474. The maximum absolute atomic E-state index is 12.9. The second-order valence-electron chi connectivity index (χ2n) is 7.16. The molecule has 0 bridgehead atoms. The summed E-state index contributed by atoms with van der Waals surface area (Å²) < 4.78 is 43.3. The van der Waals surface area contributed by atoms with Gasteiger partial charge in [0.1, 0.15) is 6.54 Å². The highest BCUT2D eigenvalue weighted by Gasteiger charge is 2.48. The normalized spacial score (nSPS) is 21.4. The molecule has 2 unspecified atom stereocenters. The van der Waals surface area contributed by atoms with Gasteiger partial charge in [0.2, 0.25) is 11.8 Å². The highest BCUT2D eigenvalue weighted by atomic mass is 35.5. The number of esters is 1. The van der Waals surface area contributed by atoms with E-state index in [1.54, 1.807) is 0 Å². The van der Waals surface area contributed by atoms with E-state index < -0.39 is 65.4 Å². The number of alkyl halides is 3. The zero-order valence-corrected chi connectivity index (χ0v) is 16.4. The van der Waals surface area contributed by atoms with Gasteiger partial charge in [-0.1, -0.05) is 24.4 Å². The summed E-state index contributed by atoms with van der Waals surface area (Å²) in [4.78, 5) is 49.4. The van der Waals surface area contributed by atoms with Crippen LogP contribution in [-0.4, -0.2) is 41.7 Å². The molecule has 1 saturated heterocycles. The molecule has 0 spiro atoms. The van der Waals surface area contributed by atoms with Gasteiger partial charge in [0.05, 0.1) is 22.4 Å². The smallest absolute Gasteiger partial charge is 0.417 e. The number of hydrogen-bond donors (Lipinski definition) is 1. The number of rotatable bonds is 5. The molecule has 3 rings (SSSR count). The molecule has 7 nitrogen and oxygen atoms in total. The molecule has 30 heavy (non-hydrogen) atoms. The number of halogens is 4. The summed E-state index contributed by atoms with van der Waals surface area (Å²) >= 11 is 5.51. The summed E-state index contributed by atoms with van der Waals surface area (Å²) in [5.74, 6) is -3.48. The number of anilines is 1. The number of amides is 3. The number of ether oxygens (including phenoxy) is 1. The van der Waals surface area contributed by atoms with Crippen LogP contribution in [0.2, 0.25) is 5.02 Å². The molecule has 1 aliphatic carbocycles. The average Bonchev–Trinajstić information content (AvgIpc) is 2.92. The van der Waals surface area contributed by atoms with Crippen molar-refractivity contribution in [1.82, 2.24) is 4.90 Å². The van der Waals surface area contributed by atoms with E-state index in [0.717, 1.165) is 23.8 Å². The van der Waals surface area contributed by atoms with Crippen LogP contribution >= 0.6 is 11.6 Å². The molecule has 3 amide bonds. The number of hydrogen-bond acceptors (Lipinski definition) is 5. The van der Waals surface area contributed by atoms with Gasteiger partial charge in [-0.05, 0) is 31.0 Å². The number of likely N-dealkylation sites (tertiary alicyclic amines) is 1. The second kappa shape index (κ2) is 8.63. The van der Waals surface area contributed by atoms with Gasteiger partial charge >= 0.3 is 12.1 Å². The van der Waals surface area contributed by atoms with E-state index in [1.807, 2.05) is 0 Å². The quantitative estimate of drug-likeness (QED) is 0.554. The summed E-state index contributed by atoms with van der Waals surface area (Å²) in [6, 6.07) is 2.81. The molecule has 0 aromatic heterocycles. The van der Waals surface area contributed by atoms with E-state index in [1.165, 1.54) is 6.07 Å². The van der Waals surface area contributed by atoms with Crippen LogP contribution in [0.1, 0.15) is 31.2 Å². The summed E-state index contributed by atoms with van der Waals surface area (Å²) in [6.45, 7) is -1.39. The lowest BCUT2D eigenvalue weighted by Crippen LogP contribution is -2.37. The van der Waals surface area contributed by atoms with Crippen LogP contribution < -0.4 is 5.32 Å². The molecule has 1 saturated carbocycles. The molecule has 0 radical (unpaired) electrons. The number of benzene rings is 1. The van der Waals surface area contributed by atoms with Crippen LogP contribution in [0.3, 0.4) is 0 Å². The number of carbonyl (C=O) groups excluding carboxylic acids is 4. The number of imide groups is 1. The Hall–Kier alpha value is -2.62. The van der Waals surface area contributed by atoms with Gasteiger partial charge in [0, 0.05) is 5.69 Å². The molecule has 1 aliphatic heterocycles. The van der Waals surface area contributed by atoms with Crippen molar-refractivity contribution in [3.63, 3.8) is 0 Å². The monoisotopic (exact) mass is 446 g/mol. The Bertz CT molecular complexity index is 865. The number of nitrogens with one attached hydrogen (secondary N) is 1. The van der Waals surface area contributed by atoms with E-state index in [9.17, 15) is 32.3 Å². The molecular weight excluding hydrogens is 429 g/mol. The third-order valence-electron chi connectivity index (χ3n) is 5.14. The van der Waals surface area contributed by atoms with Crippen molar-refractivity contribution < 1.29 is 37.1 Å². The van der Waals surface area contributed by atoms with Crippen molar-refractivity contribution >= 4 is 41.0 Å². The van der Waals surface area contributed by atoms with Crippen LogP contribution in [0.4, 0.5) is 18.9 Å². The SMILES string of the molecule is O=C(COC(=O)CN1C(=O)C2CCCCC2C1=O)Nc1ccc(Cl)c(C(F)(F)F)c1. The first-order chi connectivity index (χ1) is 14.1. The van der Waals surface area contributed by atoms with Crippen LogP contribution in [0.5, 0.6) is 0 Å². The maximum Gasteiger partial charge on any atom is 0.417 e. The van der Waals surface area contributed by atoms with E-state index in [0.29, 0.717) is 18.9 Å². The molecule has 11 heteroatoms. The third kappa shape index (κ3) is 4.75. The maximum atomic E-state index is 12.9. The van der Waals surface area contributed by atoms with E-state index in [2.05, 4.69) is 5.32 Å². The van der Waals surface area contributed by atoms with E-state index >= 15 is 0 Å². The summed E-state index contributed by atoms with van der Waals surface area (Å²) in [6.07, 6.45) is -1.80. The zero-order chi connectivity index (χ0) is 22.1. The number of fused-ring (bicyclic) bond motifs is 1. The molecule has 1 N–H and O–H groups in total. The Morgan fingerprint density at radius 3 is 2.30 bits per heavy atom. The third-order valence-corrected chi connectivity index (χ3v) is 5.47. The molecule has 2 fully saturated rings. The largest absolute Gasteiger partial charge is 0.454 e. The van der Waals surface area contributed by atoms with Crippen molar-refractivity contribution in [3.8, 4) is 0 Å². The Morgan fingerprint density at radius 1 is 1.13 bits per heavy atom. The van der Waals surface area contributed by atoms with Gasteiger partial charge in [0.25, 0.3) is 5.91 Å². The fourth-order valence-electron chi connectivity index (χ4n) is 3.72. The molecule has 1 aromatic rings. The summed E-state index contributed by atoms with van der Waals surface area (Å²) in [5, 5.41) is 1.65. The van der Waals surface area contributed by atoms with E-state index in [-0.39, 0.29) is 5.69 Å². The zero-order valence-electron chi connectivity index (χ0n) is 15.6. The standard InChI is InChI=1S/C19H18ClF3N2O5/c20-14-6-5-10(7-13(14)19(21,22)23)24-15(26)9-30-16(27)8-25-17(28)11-3-1-2-4-12(11)18(25)29/h5-7,11-12H,1-4,8-9H2,(H,24,26). The van der Waals surface area contributed by atoms with Crippen molar-refractivity contribution in [3.05, 3.63) is 28.8 Å². The van der Waals surface area contributed by atoms with Gasteiger partial charge in [-0.15, -0.1) is 0 Å². The molecule has 1 heterocycles. The average molecular weight is 447 g/mol. The number of carbonyl (C=O) groups is 4. The summed E-state index contributed by atoms with van der Waals surface area (Å²) in [5.41, 5.74) is -1.30. The fourth-order valence-corrected chi connectivity index (χ4v) is 3.95. The van der Waals surface area contributed by atoms with Gasteiger partial charge < -0.3 is 10.1 Å². The topological polar surface area (TPSA) is 92.8 Å². The Labute approximate surface area is 174 Å². The van der Waals surface area contributed by atoms with Crippen LogP contribution in [0.25, 0.3) is 0 Å². The Balaban J connectivity index is 1.52.